The quantitative estimate of drug-likeness (QED) is 0.215. The highest BCUT2D eigenvalue weighted by Gasteiger charge is 2.37. The minimum Gasteiger partial charge on any atom is -0.377 e. The first-order valence-electron chi connectivity index (χ1n) is 10.2. The van der Waals surface area contributed by atoms with Crippen LogP contribution in [-0.4, -0.2) is 85.2 Å². The van der Waals surface area contributed by atoms with Gasteiger partial charge in [-0.25, -0.2) is 0 Å². The molecule has 0 aromatic rings. The molecule has 0 saturated heterocycles. The van der Waals surface area contributed by atoms with Crippen LogP contribution in [0.25, 0.3) is 0 Å². The lowest BCUT2D eigenvalue weighted by Gasteiger charge is -2.24. The van der Waals surface area contributed by atoms with Gasteiger partial charge in [0.05, 0.1) is 0 Å². The van der Waals surface area contributed by atoms with E-state index >= 15 is 0 Å². The topological polar surface area (TPSA) is 114 Å². The van der Waals surface area contributed by atoms with Gasteiger partial charge in [-0.1, -0.05) is 0 Å². The summed E-state index contributed by atoms with van der Waals surface area (Å²) in [4.78, 5) is 23.8. The van der Waals surface area contributed by atoms with Gasteiger partial charge in [0, 0.05) is 80.7 Å². The van der Waals surface area contributed by atoms with Crippen LogP contribution in [-0.2, 0) is 36.1 Å². The highest BCUT2D eigenvalue weighted by Crippen LogP contribution is 2.15. The summed E-state index contributed by atoms with van der Waals surface area (Å²) in [5.41, 5.74) is 0. The molecular weight excluding hydrogens is 428 g/mol. The van der Waals surface area contributed by atoms with Crippen molar-refractivity contribution in [3.8, 4) is 0 Å². The van der Waals surface area contributed by atoms with Crippen LogP contribution in [0.5, 0.6) is 0 Å². The number of rotatable bonds is 19. The van der Waals surface area contributed by atoms with E-state index in [9.17, 15) is 9.59 Å². The van der Waals surface area contributed by atoms with Crippen molar-refractivity contribution in [2.24, 2.45) is 0 Å². The number of carbonyl (C=O) groups is 2. The van der Waals surface area contributed by atoms with Crippen LogP contribution < -0.4 is 10.6 Å². The normalized spacial score (nSPS) is 12.1. The molecule has 0 aromatic heterocycles. The van der Waals surface area contributed by atoms with E-state index in [-0.39, 0.29) is 11.8 Å². The van der Waals surface area contributed by atoms with E-state index in [1.807, 2.05) is 0 Å². The monoisotopic (exact) mass is 468 g/mol. The van der Waals surface area contributed by atoms with Gasteiger partial charge in [0.2, 0.25) is 11.8 Å². The fourth-order valence-electron chi connectivity index (χ4n) is 2.93. The molecule has 0 saturated carbocycles. The third-order valence-electron chi connectivity index (χ3n) is 4.89. The van der Waals surface area contributed by atoms with Crippen molar-refractivity contribution in [3.05, 3.63) is 0 Å². The molecule has 10 nitrogen and oxygen atoms in total. The molecule has 0 fully saturated rings. The van der Waals surface area contributed by atoms with E-state index < -0.39 is 17.6 Å². The minimum atomic E-state index is -2.58. The van der Waals surface area contributed by atoms with Gasteiger partial charge in [-0.05, 0) is 25.7 Å². The predicted molar refractivity (Wildman–Crippen MR) is 117 cm³/mol. The fraction of sp³-hybridized carbons (Fsp3) is 0.889. The number of amides is 2. The third kappa shape index (κ3) is 11.5. The second kappa shape index (κ2) is 16.8. The standard InChI is InChI=1S/C18H40N2O8Si2/c1-23-29(24-2,25-3)15-9-13-19-17(21)11-7-8-12-18(22)20-14-10-16-30(26-4,27-5)28-6/h7-16H2,1-6H3,(H,19,21)(H,20,22). The molecule has 0 rings (SSSR count). The SMILES string of the molecule is CO[Si](CCCNC(=O)CCCCC(=O)NCCC[Si](OC)(OC)OC)(OC)OC. The molecule has 0 radical (unpaired) electrons. The Morgan fingerprint density at radius 3 is 1.13 bits per heavy atom. The van der Waals surface area contributed by atoms with E-state index in [0.29, 0.717) is 50.9 Å². The zero-order valence-corrected chi connectivity index (χ0v) is 21.3. The Morgan fingerprint density at radius 1 is 0.567 bits per heavy atom. The summed E-state index contributed by atoms with van der Waals surface area (Å²) < 4.78 is 32.0. The lowest BCUT2D eigenvalue weighted by molar-refractivity contribution is -0.123. The zero-order valence-electron chi connectivity index (χ0n) is 19.3. The lowest BCUT2D eigenvalue weighted by Crippen LogP contribution is -2.43. The third-order valence-corrected chi connectivity index (χ3v) is 10.6. The van der Waals surface area contributed by atoms with E-state index in [2.05, 4.69) is 10.6 Å². The molecule has 0 aliphatic heterocycles. The number of hydrogen-bond acceptors (Lipinski definition) is 8. The van der Waals surface area contributed by atoms with Gasteiger partial charge in [-0.15, -0.1) is 0 Å². The first kappa shape index (κ1) is 29.1. The zero-order chi connectivity index (χ0) is 22.9. The molecule has 0 heterocycles. The van der Waals surface area contributed by atoms with E-state index in [1.165, 1.54) is 0 Å². The van der Waals surface area contributed by atoms with Crippen LogP contribution in [0.1, 0.15) is 38.5 Å². The predicted octanol–water partition coefficient (Wildman–Crippen LogP) is 1.32. The Balaban J connectivity index is 3.79. The Kier molecular flexibility index (Phi) is 16.3. The van der Waals surface area contributed by atoms with E-state index in [0.717, 1.165) is 12.8 Å². The summed E-state index contributed by atoms with van der Waals surface area (Å²) in [5, 5.41) is 5.75. The van der Waals surface area contributed by atoms with Crippen LogP contribution in [0.4, 0.5) is 0 Å². The van der Waals surface area contributed by atoms with Crippen LogP contribution >= 0.6 is 0 Å². The molecule has 30 heavy (non-hydrogen) atoms. The van der Waals surface area contributed by atoms with Crippen LogP contribution in [0.2, 0.25) is 12.1 Å². The van der Waals surface area contributed by atoms with Crippen molar-refractivity contribution >= 4 is 29.4 Å². The first-order valence-corrected chi connectivity index (χ1v) is 14.1. The van der Waals surface area contributed by atoms with Crippen molar-refractivity contribution in [1.82, 2.24) is 10.6 Å². The molecular formula is C18H40N2O8Si2. The van der Waals surface area contributed by atoms with Gasteiger partial charge >= 0.3 is 17.6 Å². The first-order chi connectivity index (χ1) is 14.4. The minimum absolute atomic E-state index is 0.0186. The smallest absolute Gasteiger partial charge is 0.377 e. The highest BCUT2D eigenvalue weighted by molar-refractivity contribution is 6.60. The average Bonchev–Trinajstić information content (AvgIpc) is 2.78. The van der Waals surface area contributed by atoms with Gasteiger partial charge in [-0.3, -0.25) is 9.59 Å². The highest BCUT2D eigenvalue weighted by atomic mass is 28.4. The molecule has 0 aliphatic rings. The van der Waals surface area contributed by atoms with Gasteiger partial charge in [0.1, 0.15) is 0 Å². The molecule has 0 aromatic carbocycles. The maximum Gasteiger partial charge on any atom is 0.500 e. The number of hydrogen-bond donors (Lipinski definition) is 2. The second-order valence-electron chi connectivity index (χ2n) is 6.70. The largest absolute Gasteiger partial charge is 0.500 e. The fourth-order valence-corrected chi connectivity index (χ4v) is 6.37. The van der Waals surface area contributed by atoms with E-state index in [4.69, 9.17) is 26.6 Å². The Labute approximate surface area is 183 Å². The van der Waals surface area contributed by atoms with Gasteiger partial charge in [0.25, 0.3) is 0 Å². The molecule has 12 heteroatoms. The van der Waals surface area contributed by atoms with Crippen molar-refractivity contribution in [3.63, 3.8) is 0 Å². The van der Waals surface area contributed by atoms with Crippen molar-refractivity contribution in [1.29, 1.82) is 0 Å². The Morgan fingerprint density at radius 2 is 0.867 bits per heavy atom. The maximum atomic E-state index is 11.9. The Bertz CT molecular complexity index is 419. The lowest BCUT2D eigenvalue weighted by atomic mass is 10.2. The van der Waals surface area contributed by atoms with Crippen LogP contribution in [0.15, 0.2) is 0 Å². The second-order valence-corrected chi connectivity index (χ2v) is 12.9. The summed E-state index contributed by atoms with van der Waals surface area (Å²) in [6.45, 7) is 1.08. The molecule has 2 amide bonds. The maximum absolute atomic E-state index is 11.9. The molecule has 0 unspecified atom stereocenters. The molecule has 0 atom stereocenters. The summed E-state index contributed by atoms with van der Waals surface area (Å²) in [6.07, 6.45) is 3.57. The Hall–Kier alpha value is -0.866. The molecule has 178 valence electrons. The summed E-state index contributed by atoms with van der Waals surface area (Å²) in [6, 6.07) is 1.28. The number of nitrogens with one attached hydrogen (secondary N) is 2. The van der Waals surface area contributed by atoms with Gasteiger partial charge in [-0.2, -0.15) is 0 Å². The average molecular weight is 469 g/mol. The number of carbonyl (C=O) groups excluding carboxylic acids is 2. The van der Waals surface area contributed by atoms with Crippen molar-refractivity contribution in [2.75, 3.05) is 55.7 Å². The van der Waals surface area contributed by atoms with Crippen molar-refractivity contribution < 1.29 is 36.1 Å². The summed E-state index contributed by atoms with van der Waals surface area (Å²) in [5.74, 6) is -0.0372. The summed E-state index contributed by atoms with van der Waals surface area (Å²) in [7, 11) is 4.27. The molecule has 0 aliphatic carbocycles. The van der Waals surface area contributed by atoms with Crippen LogP contribution in [0.3, 0.4) is 0 Å². The van der Waals surface area contributed by atoms with Gasteiger partial charge in [0.15, 0.2) is 0 Å². The van der Waals surface area contributed by atoms with Crippen molar-refractivity contribution in [2.45, 2.75) is 50.6 Å². The number of unbranched alkanes of at least 4 members (excludes halogenated alkanes) is 1. The van der Waals surface area contributed by atoms with E-state index in [1.54, 1.807) is 42.7 Å². The van der Waals surface area contributed by atoms with Crippen LogP contribution in [0, 0.1) is 0 Å². The molecule has 0 spiro atoms. The molecule has 0 bridgehead atoms. The van der Waals surface area contributed by atoms with Gasteiger partial charge < -0.3 is 37.2 Å². The molecule has 2 N–H and O–H groups in total. The summed E-state index contributed by atoms with van der Waals surface area (Å²) >= 11 is 0.